The van der Waals surface area contributed by atoms with Gasteiger partial charge in [0.05, 0.1) is 0 Å². The Balaban J connectivity index is 3.84. The summed E-state index contributed by atoms with van der Waals surface area (Å²) in [5, 5.41) is 0. The number of hydrogen-bond acceptors (Lipinski definition) is 2. The van der Waals surface area contributed by atoms with E-state index in [1.165, 1.54) is 4.90 Å². The van der Waals surface area contributed by atoms with E-state index in [4.69, 9.17) is 4.74 Å². The zero-order chi connectivity index (χ0) is 11.0. The Morgan fingerprint density at radius 3 is 2.71 bits per heavy atom. The number of rotatable bonds is 5. The maximum absolute atomic E-state index is 11.2. The highest BCUT2D eigenvalue weighted by Crippen LogP contribution is 1.97. The number of allylic oxidation sites excluding steroid dienone is 1. The first-order valence-electron chi connectivity index (χ1n) is 4.41. The fraction of sp³-hybridized carbons (Fsp3) is 0.364. The van der Waals surface area contributed by atoms with Crippen LogP contribution in [0.5, 0.6) is 0 Å². The van der Waals surface area contributed by atoms with E-state index in [1.807, 2.05) is 13.0 Å². The average Bonchev–Trinajstić information content (AvgIpc) is 2.15. The van der Waals surface area contributed by atoms with Crippen LogP contribution >= 0.6 is 0 Å². The first kappa shape index (κ1) is 12.5. The van der Waals surface area contributed by atoms with Crippen molar-refractivity contribution < 1.29 is 9.53 Å². The molecule has 0 fully saturated rings. The van der Waals surface area contributed by atoms with Crippen molar-refractivity contribution in [3.8, 4) is 0 Å². The van der Waals surface area contributed by atoms with Crippen molar-refractivity contribution in [2.45, 2.75) is 6.92 Å². The lowest BCUT2D eigenvalue weighted by atomic mass is 10.3. The van der Waals surface area contributed by atoms with E-state index >= 15 is 0 Å². The number of ether oxygens (including phenoxy) is 1. The molecule has 0 rings (SSSR count). The van der Waals surface area contributed by atoms with Gasteiger partial charge in [-0.25, -0.2) is 4.79 Å². The van der Waals surface area contributed by atoms with Gasteiger partial charge in [-0.15, -0.1) is 6.58 Å². The summed E-state index contributed by atoms with van der Waals surface area (Å²) >= 11 is 0. The summed E-state index contributed by atoms with van der Waals surface area (Å²) in [5.74, 6) is 0. The van der Waals surface area contributed by atoms with Gasteiger partial charge in [-0.2, -0.15) is 0 Å². The van der Waals surface area contributed by atoms with Gasteiger partial charge >= 0.3 is 6.09 Å². The fourth-order valence-corrected chi connectivity index (χ4v) is 0.817. The van der Waals surface area contributed by atoms with Crippen LogP contribution in [-0.4, -0.2) is 31.2 Å². The second-order valence-corrected chi connectivity index (χ2v) is 2.88. The lowest BCUT2D eigenvalue weighted by molar-refractivity contribution is 0.124. The topological polar surface area (TPSA) is 29.5 Å². The van der Waals surface area contributed by atoms with Crippen LogP contribution in [-0.2, 0) is 4.74 Å². The van der Waals surface area contributed by atoms with Gasteiger partial charge in [-0.3, -0.25) is 0 Å². The number of likely N-dealkylation sites (N-methyl/N-ethyl adjacent to an activating group) is 1. The Morgan fingerprint density at radius 2 is 2.21 bits per heavy atom. The maximum Gasteiger partial charge on any atom is 0.410 e. The first-order chi connectivity index (χ1) is 6.61. The van der Waals surface area contributed by atoms with Crippen molar-refractivity contribution >= 4 is 6.09 Å². The van der Waals surface area contributed by atoms with Crippen LogP contribution in [0.15, 0.2) is 37.0 Å². The van der Waals surface area contributed by atoms with Gasteiger partial charge < -0.3 is 9.64 Å². The predicted molar refractivity (Wildman–Crippen MR) is 58.1 cm³/mol. The summed E-state index contributed by atoms with van der Waals surface area (Å²) in [6, 6.07) is 0. The van der Waals surface area contributed by atoms with E-state index in [0.717, 1.165) is 5.57 Å². The minimum Gasteiger partial charge on any atom is -0.445 e. The number of amides is 1. The quantitative estimate of drug-likeness (QED) is 0.498. The first-order valence-corrected chi connectivity index (χ1v) is 4.41. The molecule has 0 unspecified atom stereocenters. The SMILES string of the molecule is C=CCN(C)C(=O)OCC(=C)C=CC. The second kappa shape index (κ2) is 6.95. The molecule has 0 radical (unpaired) electrons. The van der Waals surface area contributed by atoms with E-state index < -0.39 is 0 Å². The van der Waals surface area contributed by atoms with Crippen LogP contribution in [0.4, 0.5) is 4.79 Å². The molecule has 0 aliphatic carbocycles. The summed E-state index contributed by atoms with van der Waals surface area (Å²) in [6.07, 6.45) is 4.93. The molecule has 0 aromatic heterocycles. The molecule has 0 saturated carbocycles. The molecular weight excluding hydrogens is 178 g/mol. The molecule has 0 N–H and O–H groups in total. The minimum absolute atomic E-state index is 0.227. The average molecular weight is 195 g/mol. The standard InChI is InChI=1S/C11H17NO2/c1-5-7-10(3)9-14-11(13)12(4)8-6-2/h5-7H,2-3,8-9H2,1,4H3. The van der Waals surface area contributed by atoms with Gasteiger partial charge in [-0.1, -0.05) is 24.8 Å². The van der Waals surface area contributed by atoms with Crippen molar-refractivity contribution in [3.05, 3.63) is 37.0 Å². The van der Waals surface area contributed by atoms with Gasteiger partial charge in [0, 0.05) is 13.6 Å². The molecule has 3 heteroatoms. The Morgan fingerprint density at radius 1 is 1.57 bits per heavy atom. The molecule has 0 aromatic rings. The number of hydrogen-bond donors (Lipinski definition) is 0. The summed E-state index contributed by atoms with van der Waals surface area (Å²) in [7, 11) is 1.66. The van der Waals surface area contributed by atoms with E-state index in [-0.39, 0.29) is 12.7 Å². The van der Waals surface area contributed by atoms with Gasteiger partial charge in [0.1, 0.15) is 6.61 Å². The molecule has 0 aromatic carbocycles. The molecule has 0 saturated heterocycles. The van der Waals surface area contributed by atoms with Gasteiger partial charge in [0.2, 0.25) is 0 Å². The third-order valence-corrected chi connectivity index (χ3v) is 1.50. The predicted octanol–water partition coefficient (Wildman–Crippen LogP) is 2.37. The molecule has 0 aliphatic rings. The van der Waals surface area contributed by atoms with Gasteiger partial charge in [0.25, 0.3) is 0 Å². The molecule has 0 spiro atoms. The molecule has 0 atom stereocenters. The van der Waals surface area contributed by atoms with Crippen LogP contribution in [0.1, 0.15) is 6.92 Å². The van der Waals surface area contributed by atoms with Crippen molar-refractivity contribution in [3.63, 3.8) is 0 Å². The molecule has 78 valence electrons. The van der Waals surface area contributed by atoms with Crippen LogP contribution in [0, 0.1) is 0 Å². The van der Waals surface area contributed by atoms with Crippen LogP contribution in [0.3, 0.4) is 0 Å². The highest BCUT2D eigenvalue weighted by Gasteiger charge is 2.07. The van der Waals surface area contributed by atoms with E-state index in [1.54, 1.807) is 19.2 Å². The summed E-state index contributed by atoms with van der Waals surface area (Å²) in [6.45, 7) is 9.84. The third-order valence-electron chi connectivity index (χ3n) is 1.50. The molecule has 14 heavy (non-hydrogen) atoms. The van der Waals surface area contributed by atoms with E-state index in [2.05, 4.69) is 13.2 Å². The molecular formula is C11H17NO2. The second-order valence-electron chi connectivity index (χ2n) is 2.88. The van der Waals surface area contributed by atoms with E-state index in [9.17, 15) is 4.79 Å². The highest BCUT2D eigenvalue weighted by molar-refractivity contribution is 5.67. The number of nitrogens with zero attached hydrogens (tertiary/aromatic N) is 1. The largest absolute Gasteiger partial charge is 0.445 e. The minimum atomic E-state index is -0.365. The van der Waals surface area contributed by atoms with Crippen LogP contribution in [0.25, 0.3) is 0 Å². The van der Waals surface area contributed by atoms with Crippen molar-refractivity contribution in [1.82, 2.24) is 4.90 Å². The Kier molecular flexibility index (Phi) is 6.20. The van der Waals surface area contributed by atoms with Crippen LogP contribution < -0.4 is 0 Å². The fourth-order valence-electron chi connectivity index (χ4n) is 0.817. The van der Waals surface area contributed by atoms with E-state index in [0.29, 0.717) is 6.54 Å². The highest BCUT2D eigenvalue weighted by atomic mass is 16.6. The Bertz CT molecular complexity index is 244. The normalized spacial score (nSPS) is 9.86. The molecule has 0 heterocycles. The summed E-state index contributed by atoms with van der Waals surface area (Å²) in [5.41, 5.74) is 0.771. The zero-order valence-corrected chi connectivity index (χ0v) is 8.82. The smallest absolute Gasteiger partial charge is 0.410 e. The van der Waals surface area contributed by atoms with Gasteiger partial charge in [-0.05, 0) is 12.5 Å². The molecule has 0 bridgehead atoms. The molecule has 3 nitrogen and oxygen atoms in total. The monoisotopic (exact) mass is 195 g/mol. The Labute approximate surface area is 85.4 Å². The summed E-state index contributed by atoms with van der Waals surface area (Å²) < 4.78 is 4.96. The van der Waals surface area contributed by atoms with Crippen molar-refractivity contribution in [2.75, 3.05) is 20.2 Å². The van der Waals surface area contributed by atoms with Crippen molar-refractivity contribution in [2.24, 2.45) is 0 Å². The van der Waals surface area contributed by atoms with Crippen LogP contribution in [0.2, 0.25) is 0 Å². The molecule has 1 amide bonds. The lowest BCUT2D eigenvalue weighted by Gasteiger charge is -2.14. The number of carbonyl (C=O) groups is 1. The lowest BCUT2D eigenvalue weighted by Crippen LogP contribution is -2.27. The zero-order valence-electron chi connectivity index (χ0n) is 8.82. The van der Waals surface area contributed by atoms with Crippen molar-refractivity contribution in [1.29, 1.82) is 0 Å². The summed E-state index contributed by atoms with van der Waals surface area (Å²) in [4.78, 5) is 12.7. The molecule has 0 aliphatic heterocycles. The maximum atomic E-state index is 11.2. The third kappa shape index (κ3) is 5.19. The van der Waals surface area contributed by atoms with Gasteiger partial charge in [0.15, 0.2) is 0 Å². The Hall–Kier alpha value is -1.51. The number of carbonyl (C=O) groups excluding carboxylic acids is 1.